The van der Waals surface area contributed by atoms with Crippen LogP contribution in [0.15, 0.2) is 48.5 Å². The van der Waals surface area contributed by atoms with Gasteiger partial charge in [-0.2, -0.15) is 5.10 Å². The lowest BCUT2D eigenvalue weighted by Gasteiger charge is -2.07. The Bertz CT molecular complexity index is 763. The normalized spacial score (nSPS) is 10.8. The summed E-state index contributed by atoms with van der Waals surface area (Å²) in [4.78, 5) is 0. The number of aromatic nitrogens is 2. The van der Waals surface area contributed by atoms with Crippen molar-refractivity contribution in [1.82, 2.24) is 9.78 Å². The molecule has 1 aromatic heterocycles. The standard InChI is InChI=1S/C18H19N3/c1-12-4-6-14(7-5-12)15-8-9-16(13(2)10-15)17-11-18(19)21(3)20-17/h4-11H,19H2,1-3H3. The van der Waals surface area contributed by atoms with Gasteiger partial charge in [-0.05, 0) is 30.5 Å². The Labute approximate surface area is 125 Å². The fourth-order valence-electron chi connectivity index (χ4n) is 2.49. The Kier molecular flexibility index (Phi) is 3.26. The molecule has 0 fully saturated rings. The van der Waals surface area contributed by atoms with Crippen LogP contribution in [-0.4, -0.2) is 9.78 Å². The molecule has 0 unspecified atom stereocenters. The van der Waals surface area contributed by atoms with Crippen LogP contribution >= 0.6 is 0 Å². The highest BCUT2D eigenvalue weighted by Crippen LogP contribution is 2.28. The van der Waals surface area contributed by atoms with Crippen LogP contribution in [0.3, 0.4) is 0 Å². The molecule has 0 amide bonds. The number of anilines is 1. The summed E-state index contributed by atoms with van der Waals surface area (Å²) in [6.45, 7) is 4.21. The third kappa shape index (κ3) is 2.55. The van der Waals surface area contributed by atoms with Crippen LogP contribution in [0.2, 0.25) is 0 Å². The summed E-state index contributed by atoms with van der Waals surface area (Å²) in [5.41, 5.74) is 12.8. The minimum atomic E-state index is 0.673. The number of aryl methyl sites for hydroxylation is 3. The molecule has 0 aliphatic rings. The molecule has 3 aromatic rings. The Morgan fingerprint density at radius 3 is 2.14 bits per heavy atom. The Morgan fingerprint density at radius 1 is 0.905 bits per heavy atom. The van der Waals surface area contributed by atoms with Crippen molar-refractivity contribution in [2.45, 2.75) is 13.8 Å². The Morgan fingerprint density at radius 2 is 1.57 bits per heavy atom. The van der Waals surface area contributed by atoms with Gasteiger partial charge in [0.25, 0.3) is 0 Å². The van der Waals surface area contributed by atoms with Gasteiger partial charge in [0.05, 0.1) is 5.69 Å². The Hall–Kier alpha value is -2.55. The number of rotatable bonds is 2. The highest BCUT2D eigenvalue weighted by molar-refractivity contribution is 5.72. The maximum atomic E-state index is 5.86. The third-order valence-electron chi connectivity index (χ3n) is 3.80. The second-order valence-electron chi connectivity index (χ2n) is 5.47. The highest BCUT2D eigenvalue weighted by Gasteiger charge is 2.09. The van der Waals surface area contributed by atoms with E-state index in [9.17, 15) is 0 Å². The monoisotopic (exact) mass is 277 g/mol. The lowest BCUT2D eigenvalue weighted by atomic mass is 9.98. The molecule has 2 aromatic carbocycles. The molecule has 0 spiro atoms. The van der Waals surface area contributed by atoms with E-state index in [1.54, 1.807) is 4.68 Å². The number of nitrogens with two attached hydrogens (primary N) is 1. The van der Waals surface area contributed by atoms with E-state index in [0.717, 1.165) is 11.3 Å². The third-order valence-corrected chi connectivity index (χ3v) is 3.80. The van der Waals surface area contributed by atoms with E-state index >= 15 is 0 Å². The zero-order chi connectivity index (χ0) is 15.0. The number of hydrogen-bond acceptors (Lipinski definition) is 2. The van der Waals surface area contributed by atoms with Crippen molar-refractivity contribution in [2.75, 3.05) is 5.73 Å². The van der Waals surface area contributed by atoms with Gasteiger partial charge in [-0.1, -0.05) is 48.0 Å². The quantitative estimate of drug-likeness (QED) is 0.770. The maximum Gasteiger partial charge on any atom is 0.121 e. The fourth-order valence-corrected chi connectivity index (χ4v) is 2.49. The molecule has 0 saturated carbocycles. The first kappa shape index (κ1) is 13.4. The van der Waals surface area contributed by atoms with E-state index in [2.05, 4.69) is 61.4 Å². The molecule has 3 rings (SSSR count). The molecule has 0 bridgehead atoms. The first-order valence-electron chi connectivity index (χ1n) is 7.02. The fraction of sp³-hybridized carbons (Fsp3) is 0.167. The van der Waals surface area contributed by atoms with Gasteiger partial charge in [0.15, 0.2) is 0 Å². The van der Waals surface area contributed by atoms with E-state index in [0.29, 0.717) is 5.82 Å². The van der Waals surface area contributed by atoms with E-state index < -0.39 is 0 Å². The van der Waals surface area contributed by atoms with Gasteiger partial charge in [0, 0.05) is 18.7 Å². The number of nitrogen functional groups attached to an aromatic ring is 1. The molecule has 0 saturated heterocycles. The van der Waals surface area contributed by atoms with E-state index in [4.69, 9.17) is 5.73 Å². The summed E-state index contributed by atoms with van der Waals surface area (Å²) in [6.07, 6.45) is 0. The first-order chi connectivity index (χ1) is 10.0. The van der Waals surface area contributed by atoms with Crippen molar-refractivity contribution in [3.63, 3.8) is 0 Å². The van der Waals surface area contributed by atoms with Gasteiger partial charge in [0.2, 0.25) is 0 Å². The molecule has 3 heteroatoms. The zero-order valence-electron chi connectivity index (χ0n) is 12.6. The van der Waals surface area contributed by atoms with Gasteiger partial charge in [0.1, 0.15) is 5.82 Å². The largest absolute Gasteiger partial charge is 0.384 e. The number of hydrogen-bond donors (Lipinski definition) is 1. The second-order valence-corrected chi connectivity index (χ2v) is 5.47. The van der Waals surface area contributed by atoms with Crippen molar-refractivity contribution >= 4 is 5.82 Å². The van der Waals surface area contributed by atoms with Crippen molar-refractivity contribution in [1.29, 1.82) is 0 Å². The van der Waals surface area contributed by atoms with E-state index in [1.807, 2.05) is 13.1 Å². The zero-order valence-corrected chi connectivity index (χ0v) is 12.6. The average Bonchev–Trinajstić information content (AvgIpc) is 2.79. The predicted octanol–water partition coefficient (Wildman–Crippen LogP) is 3.95. The molecule has 2 N–H and O–H groups in total. The van der Waals surface area contributed by atoms with Crippen LogP contribution < -0.4 is 5.73 Å². The average molecular weight is 277 g/mol. The lowest BCUT2D eigenvalue weighted by Crippen LogP contribution is -1.96. The molecular weight excluding hydrogens is 258 g/mol. The number of nitrogens with zero attached hydrogens (tertiary/aromatic N) is 2. The van der Waals surface area contributed by atoms with Gasteiger partial charge < -0.3 is 5.73 Å². The van der Waals surface area contributed by atoms with Crippen molar-refractivity contribution < 1.29 is 0 Å². The molecule has 0 aliphatic carbocycles. The summed E-state index contributed by atoms with van der Waals surface area (Å²) in [5, 5.41) is 4.45. The van der Waals surface area contributed by atoms with E-state index in [1.165, 1.54) is 22.3 Å². The van der Waals surface area contributed by atoms with Crippen molar-refractivity contribution in [3.05, 3.63) is 59.7 Å². The molecule has 3 nitrogen and oxygen atoms in total. The summed E-state index contributed by atoms with van der Waals surface area (Å²) in [5.74, 6) is 0.673. The van der Waals surface area contributed by atoms with Gasteiger partial charge >= 0.3 is 0 Å². The van der Waals surface area contributed by atoms with E-state index in [-0.39, 0.29) is 0 Å². The SMILES string of the molecule is Cc1ccc(-c2ccc(-c3cc(N)n(C)n3)c(C)c2)cc1. The van der Waals surface area contributed by atoms with Crippen LogP contribution in [0.25, 0.3) is 22.4 Å². The van der Waals surface area contributed by atoms with Gasteiger partial charge in [-0.25, -0.2) is 0 Å². The molecule has 0 aliphatic heterocycles. The van der Waals surface area contributed by atoms with Crippen molar-refractivity contribution in [3.8, 4) is 22.4 Å². The Balaban J connectivity index is 2.01. The van der Waals surface area contributed by atoms with Crippen LogP contribution in [0.5, 0.6) is 0 Å². The molecule has 0 radical (unpaired) electrons. The predicted molar refractivity (Wildman–Crippen MR) is 88.0 cm³/mol. The molecule has 106 valence electrons. The highest BCUT2D eigenvalue weighted by atomic mass is 15.3. The van der Waals surface area contributed by atoms with Gasteiger partial charge in [-0.15, -0.1) is 0 Å². The topological polar surface area (TPSA) is 43.8 Å². The van der Waals surface area contributed by atoms with Gasteiger partial charge in [-0.3, -0.25) is 4.68 Å². The molecule has 21 heavy (non-hydrogen) atoms. The molecule has 0 atom stereocenters. The summed E-state index contributed by atoms with van der Waals surface area (Å²) in [7, 11) is 1.86. The van der Waals surface area contributed by atoms with Crippen LogP contribution in [0.4, 0.5) is 5.82 Å². The summed E-state index contributed by atoms with van der Waals surface area (Å²) < 4.78 is 1.70. The van der Waals surface area contributed by atoms with Crippen molar-refractivity contribution in [2.24, 2.45) is 7.05 Å². The smallest absolute Gasteiger partial charge is 0.121 e. The molecule has 1 heterocycles. The van der Waals surface area contributed by atoms with Crippen LogP contribution in [0.1, 0.15) is 11.1 Å². The van der Waals surface area contributed by atoms with Crippen LogP contribution in [0, 0.1) is 13.8 Å². The summed E-state index contributed by atoms with van der Waals surface area (Å²) in [6, 6.07) is 16.9. The lowest BCUT2D eigenvalue weighted by molar-refractivity contribution is 0.782. The maximum absolute atomic E-state index is 5.86. The second kappa shape index (κ2) is 5.09. The minimum absolute atomic E-state index is 0.673. The first-order valence-corrected chi connectivity index (χ1v) is 7.02. The summed E-state index contributed by atoms with van der Waals surface area (Å²) >= 11 is 0. The molecular formula is C18H19N3. The number of benzene rings is 2. The minimum Gasteiger partial charge on any atom is -0.384 e. The van der Waals surface area contributed by atoms with Crippen LogP contribution in [-0.2, 0) is 7.05 Å².